The first kappa shape index (κ1) is 13.4. The van der Waals surface area contributed by atoms with Gasteiger partial charge in [0.1, 0.15) is 5.75 Å². The number of anilines is 1. The summed E-state index contributed by atoms with van der Waals surface area (Å²) in [5.41, 5.74) is 0.954. The van der Waals surface area contributed by atoms with E-state index in [0.29, 0.717) is 24.5 Å². The predicted molar refractivity (Wildman–Crippen MR) is 79.9 cm³/mol. The number of aromatic nitrogens is 1. The van der Waals surface area contributed by atoms with E-state index in [1.807, 2.05) is 24.3 Å². The number of nitrogens with zero attached hydrogens (tertiary/aromatic N) is 2. The summed E-state index contributed by atoms with van der Waals surface area (Å²) in [6.45, 7) is 1.16. The fraction of sp³-hybridized carbons (Fsp3) is 0.250. The molecule has 0 radical (unpaired) electrons. The molecule has 0 saturated carbocycles. The Morgan fingerprint density at radius 2 is 2.05 bits per heavy atom. The van der Waals surface area contributed by atoms with E-state index >= 15 is 0 Å². The molecule has 1 amide bonds. The number of aryl methyl sites for hydroxylation is 1. The Balaban J connectivity index is 2.01. The number of para-hydroxylation sites is 2. The number of pyridine rings is 1. The molecule has 0 spiro atoms. The maximum atomic E-state index is 12.7. The number of amides is 1. The number of fused-ring (bicyclic) bond motifs is 1. The fourth-order valence-electron chi connectivity index (χ4n) is 2.38. The second-order valence-electron chi connectivity index (χ2n) is 4.99. The highest BCUT2D eigenvalue weighted by atomic mass is 16.5. The lowest BCUT2D eigenvalue weighted by Crippen LogP contribution is -2.32. The topological polar surface area (TPSA) is 51.5 Å². The molecule has 3 rings (SSSR count). The van der Waals surface area contributed by atoms with Gasteiger partial charge in [-0.05, 0) is 24.6 Å². The molecule has 1 aromatic carbocycles. The van der Waals surface area contributed by atoms with Crippen LogP contribution in [0.2, 0.25) is 0 Å². The van der Waals surface area contributed by atoms with Crippen LogP contribution in [-0.2, 0) is 7.05 Å². The van der Waals surface area contributed by atoms with Crippen molar-refractivity contribution in [1.82, 2.24) is 4.57 Å². The Labute approximate surface area is 122 Å². The summed E-state index contributed by atoms with van der Waals surface area (Å²) in [5.74, 6) is 0.526. The van der Waals surface area contributed by atoms with Gasteiger partial charge < -0.3 is 14.2 Å². The Morgan fingerprint density at radius 3 is 2.86 bits per heavy atom. The van der Waals surface area contributed by atoms with E-state index in [2.05, 4.69) is 0 Å². The average molecular weight is 284 g/mol. The number of ether oxygens (including phenoxy) is 1. The molecule has 0 fully saturated rings. The lowest BCUT2D eigenvalue weighted by Gasteiger charge is -2.21. The van der Waals surface area contributed by atoms with E-state index < -0.39 is 0 Å². The Bertz CT molecular complexity index is 736. The summed E-state index contributed by atoms with van der Waals surface area (Å²) in [5, 5.41) is 0. The van der Waals surface area contributed by atoms with Crippen molar-refractivity contribution in [3.8, 4) is 5.75 Å². The Hall–Kier alpha value is -2.56. The summed E-state index contributed by atoms with van der Waals surface area (Å²) in [6.07, 6.45) is 2.36. The van der Waals surface area contributed by atoms with Crippen molar-refractivity contribution in [3.63, 3.8) is 0 Å². The van der Waals surface area contributed by atoms with Gasteiger partial charge in [0.05, 0.1) is 12.3 Å². The van der Waals surface area contributed by atoms with Crippen LogP contribution in [0, 0.1) is 0 Å². The third-order valence-corrected chi connectivity index (χ3v) is 3.54. The van der Waals surface area contributed by atoms with Crippen molar-refractivity contribution in [2.45, 2.75) is 6.42 Å². The summed E-state index contributed by atoms with van der Waals surface area (Å²) in [7, 11) is 1.66. The number of hydrogen-bond acceptors (Lipinski definition) is 3. The largest absolute Gasteiger partial charge is 0.491 e. The lowest BCUT2D eigenvalue weighted by atomic mass is 10.2. The first-order valence-electron chi connectivity index (χ1n) is 6.87. The monoisotopic (exact) mass is 284 g/mol. The number of carbonyl (C=O) groups excluding carboxylic acids is 1. The van der Waals surface area contributed by atoms with E-state index in [-0.39, 0.29) is 11.5 Å². The van der Waals surface area contributed by atoms with Crippen LogP contribution in [0.5, 0.6) is 5.75 Å². The third kappa shape index (κ3) is 2.54. The van der Waals surface area contributed by atoms with Crippen molar-refractivity contribution in [1.29, 1.82) is 0 Å². The second-order valence-corrected chi connectivity index (χ2v) is 4.99. The van der Waals surface area contributed by atoms with Gasteiger partial charge in [0.25, 0.3) is 11.5 Å². The zero-order valence-electron chi connectivity index (χ0n) is 11.8. The molecule has 0 N–H and O–H groups in total. The van der Waals surface area contributed by atoms with Gasteiger partial charge in [0.15, 0.2) is 0 Å². The molecular formula is C16H16N2O3. The minimum absolute atomic E-state index is 0.175. The van der Waals surface area contributed by atoms with Gasteiger partial charge in [-0.25, -0.2) is 0 Å². The summed E-state index contributed by atoms with van der Waals surface area (Å²) < 4.78 is 7.09. The van der Waals surface area contributed by atoms with Crippen LogP contribution < -0.4 is 15.2 Å². The minimum Gasteiger partial charge on any atom is -0.491 e. The van der Waals surface area contributed by atoms with Gasteiger partial charge in [-0.3, -0.25) is 9.59 Å². The highest BCUT2D eigenvalue weighted by molar-refractivity contribution is 6.06. The minimum atomic E-state index is -0.194. The van der Waals surface area contributed by atoms with Crippen LogP contribution in [0.1, 0.15) is 16.8 Å². The smallest absolute Gasteiger partial charge is 0.258 e. The lowest BCUT2D eigenvalue weighted by molar-refractivity contribution is 0.0987. The number of carbonyl (C=O) groups is 1. The average Bonchev–Trinajstić information content (AvgIpc) is 2.71. The Kier molecular flexibility index (Phi) is 3.48. The third-order valence-electron chi connectivity index (χ3n) is 3.54. The summed E-state index contributed by atoms with van der Waals surface area (Å²) in [6, 6.07) is 10.5. The highest BCUT2D eigenvalue weighted by Crippen LogP contribution is 2.31. The molecule has 2 aromatic rings. The van der Waals surface area contributed by atoms with Crippen molar-refractivity contribution >= 4 is 11.6 Å². The van der Waals surface area contributed by atoms with Crippen molar-refractivity contribution < 1.29 is 9.53 Å². The molecule has 0 aliphatic carbocycles. The molecule has 1 aromatic heterocycles. The summed E-state index contributed by atoms with van der Waals surface area (Å²) in [4.78, 5) is 26.1. The molecule has 0 atom stereocenters. The first-order valence-corrected chi connectivity index (χ1v) is 6.87. The van der Waals surface area contributed by atoms with E-state index in [1.54, 1.807) is 24.2 Å². The molecule has 1 aliphatic rings. The number of hydrogen-bond donors (Lipinski definition) is 0. The van der Waals surface area contributed by atoms with Crippen LogP contribution in [0.15, 0.2) is 47.4 Å². The maximum absolute atomic E-state index is 12.7. The van der Waals surface area contributed by atoms with Gasteiger partial charge in [-0.15, -0.1) is 0 Å². The van der Waals surface area contributed by atoms with E-state index in [9.17, 15) is 9.59 Å². The van der Waals surface area contributed by atoms with Crippen molar-refractivity contribution in [2.24, 2.45) is 7.05 Å². The van der Waals surface area contributed by atoms with Crippen molar-refractivity contribution in [3.05, 3.63) is 58.5 Å². The zero-order chi connectivity index (χ0) is 14.8. The number of rotatable bonds is 1. The van der Waals surface area contributed by atoms with E-state index in [0.717, 1.165) is 12.1 Å². The normalized spacial score (nSPS) is 14.0. The standard InChI is InChI=1S/C16H16N2O3/c1-17-9-7-12(11-15(17)19)16(20)18-8-4-10-21-14-6-3-2-5-13(14)18/h2-3,5-7,9,11H,4,8,10H2,1H3. The Morgan fingerprint density at radius 1 is 1.24 bits per heavy atom. The van der Waals surface area contributed by atoms with Crippen LogP contribution in [0.4, 0.5) is 5.69 Å². The molecule has 5 heteroatoms. The second kappa shape index (κ2) is 5.44. The van der Waals surface area contributed by atoms with Gasteiger partial charge >= 0.3 is 0 Å². The van der Waals surface area contributed by atoms with Gasteiger partial charge in [0, 0.05) is 31.4 Å². The van der Waals surface area contributed by atoms with E-state index in [4.69, 9.17) is 4.74 Å². The first-order chi connectivity index (χ1) is 10.2. The molecule has 108 valence electrons. The van der Waals surface area contributed by atoms with Crippen LogP contribution in [-0.4, -0.2) is 23.6 Å². The molecule has 5 nitrogen and oxygen atoms in total. The molecule has 1 aliphatic heterocycles. The predicted octanol–water partition coefficient (Wildman–Crippen LogP) is 1.81. The fourth-order valence-corrected chi connectivity index (χ4v) is 2.38. The van der Waals surface area contributed by atoms with Crippen LogP contribution in [0.3, 0.4) is 0 Å². The van der Waals surface area contributed by atoms with Gasteiger partial charge in [0.2, 0.25) is 0 Å². The van der Waals surface area contributed by atoms with Gasteiger partial charge in [-0.2, -0.15) is 0 Å². The molecule has 2 heterocycles. The molecule has 0 saturated heterocycles. The molecule has 21 heavy (non-hydrogen) atoms. The molecule has 0 bridgehead atoms. The van der Waals surface area contributed by atoms with Crippen LogP contribution >= 0.6 is 0 Å². The number of benzene rings is 1. The SMILES string of the molecule is Cn1ccc(C(=O)N2CCCOc3ccccc32)cc1=O. The summed E-state index contributed by atoms with van der Waals surface area (Å²) >= 11 is 0. The maximum Gasteiger partial charge on any atom is 0.258 e. The molecule has 0 unspecified atom stereocenters. The highest BCUT2D eigenvalue weighted by Gasteiger charge is 2.23. The van der Waals surface area contributed by atoms with E-state index in [1.165, 1.54) is 10.6 Å². The zero-order valence-corrected chi connectivity index (χ0v) is 11.8. The quantitative estimate of drug-likeness (QED) is 0.802. The van der Waals surface area contributed by atoms with Gasteiger partial charge in [-0.1, -0.05) is 12.1 Å². The van der Waals surface area contributed by atoms with Crippen molar-refractivity contribution in [2.75, 3.05) is 18.1 Å². The molecular weight excluding hydrogens is 268 g/mol. The van der Waals surface area contributed by atoms with Crippen LogP contribution in [0.25, 0.3) is 0 Å².